The zero-order chi connectivity index (χ0) is 54.4. The van der Waals surface area contributed by atoms with Gasteiger partial charge in [-0.1, -0.05) is 43.7 Å². The average molecular weight is 1050 g/mol. The van der Waals surface area contributed by atoms with E-state index in [9.17, 15) is 53.1 Å². The van der Waals surface area contributed by atoms with Crippen molar-refractivity contribution in [3.63, 3.8) is 0 Å². The maximum Gasteiger partial charge on any atom is 0.343 e. The standard InChI is InChI=1S/C53H60FN9O13/c1-4-53(74)34-20-39-48-32(25-63(39)51(72)33(34)26-75-52(53)73)47-36(15-14-31-28(2)35(54)21-37(60-48)46(31)47)61-49(70)29(3)76-27-58-42(66)23-57-50(71)38(19-30-11-7-5-8-12-30)59-43(67)24-56-41(65)22-55-40(64)13-9-6-10-18-62-44(68)16-17-45(62)69/h5,7-8,11-12,16-17,20,29,36-38,74H,4,6,9-10,13-15,18-19,21-27H2,1-3H3,(H,55,64)(H,56,65)(H,57,71)(H,58,66)(H,59,67)(H,61,70)/t29-,36+,37?,38+,53+/m1/s1. The fourth-order valence-corrected chi connectivity index (χ4v) is 10.2. The minimum atomic E-state index is -2.04. The number of allylic oxidation sites excluding steroid dienone is 3. The number of carbonyl (C=O) groups excluding carboxylic acids is 9. The number of ether oxygens (including phenoxy) is 2. The molecule has 8 amide bonds. The van der Waals surface area contributed by atoms with Crippen LogP contribution in [0.15, 0.2) is 92.0 Å². The first-order valence-corrected chi connectivity index (χ1v) is 25.3. The summed E-state index contributed by atoms with van der Waals surface area (Å²) < 4.78 is 27.9. The van der Waals surface area contributed by atoms with Gasteiger partial charge in [0.05, 0.1) is 55.2 Å². The lowest BCUT2D eigenvalue weighted by Crippen LogP contribution is -2.52. The number of benzene rings is 1. The Morgan fingerprint density at radius 1 is 0.882 bits per heavy atom. The fourth-order valence-electron chi connectivity index (χ4n) is 10.2. The van der Waals surface area contributed by atoms with Crippen molar-refractivity contribution in [1.82, 2.24) is 41.4 Å². The molecule has 5 heterocycles. The van der Waals surface area contributed by atoms with Gasteiger partial charge in [-0.2, -0.15) is 0 Å². The lowest BCUT2D eigenvalue weighted by atomic mass is 9.71. The van der Waals surface area contributed by atoms with Gasteiger partial charge in [0.25, 0.3) is 17.4 Å². The van der Waals surface area contributed by atoms with E-state index in [1.54, 1.807) is 50.2 Å². The van der Waals surface area contributed by atoms with Crippen LogP contribution in [0.4, 0.5) is 4.39 Å². The largest absolute Gasteiger partial charge is 0.458 e. The summed E-state index contributed by atoms with van der Waals surface area (Å²) >= 11 is 0. The Kier molecular flexibility index (Phi) is 16.7. The Morgan fingerprint density at radius 3 is 2.32 bits per heavy atom. The summed E-state index contributed by atoms with van der Waals surface area (Å²) in [6, 6.07) is 7.93. The molecule has 0 fully saturated rings. The van der Waals surface area contributed by atoms with Crippen molar-refractivity contribution in [2.45, 2.75) is 122 Å². The first-order chi connectivity index (χ1) is 36.4. The number of rotatable bonds is 22. The Bertz CT molecular complexity index is 2980. The van der Waals surface area contributed by atoms with Crippen molar-refractivity contribution in [3.05, 3.63) is 115 Å². The second-order valence-corrected chi connectivity index (χ2v) is 19.3. The quantitative estimate of drug-likeness (QED) is 0.0361. The number of unbranched alkanes of at least 4 members (excludes halogenated alkanes) is 2. The number of hydrogen-bond acceptors (Lipinski definition) is 14. The van der Waals surface area contributed by atoms with E-state index in [-0.39, 0.29) is 74.1 Å². The van der Waals surface area contributed by atoms with Crippen LogP contribution in [0.2, 0.25) is 0 Å². The summed E-state index contributed by atoms with van der Waals surface area (Å²) in [6.45, 7) is 2.95. The van der Waals surface area contributed by atoms with Gasteiger partial charge >= 0.3 is 5.97 Å². The lowest BCUT2D eigenvalue weighted by Gasteiger charge is -2.40. The number of aliphatic hydroxyl groups is 1. The number of cyclic esters (lactones) is 1. The summed E-state index contributed by atoms with van der Waals surface area (Å²) in [5.41, 5.74) is 2.73. The first-order valence-electron chi connectivity index (χ1n) is 25.3. The van der Waals surface area contributed by atoms with Crippen LogP contribution in [0.25, 0.3) is 0 Å². The third-order valence-corrected chi connectivity index (χ3v) is 14.4. The topological polar surface area (TPSA) is 302 Å². The monoisotopic (exact) mass is 1050 g/mol. The second-order valence-electron chi connectivity index (χ2n) is 19.3. The molecule has 23 heteroatoms. The van der Waals surface area contributed by atoms with Crippen LogP contribution in [0.5, 0.6) is 0 Å². The van der Waals surface area contributed by atoms with Crippen LogP contribution in [-0.2, 0) is 77.8 Å². The SMILES string of the molecule is CC[C@@]1(O)C(=O)OCc2c1cc1n(c2=O)CC2=C3C4=C(CC[C@@H]3NC(=O)[C@@H](C)OCNC(=O)CNC(=O)[C@H](Cc3ccccc3)NC(=O)CNC(=O)CNC(=O)CCCCCN3C(=O)C=CC3=O)C(C)=C(F)CC4N=C21. The Morgan fingerprint density at radius 2 is 1.58 bits per heavy atom. The van der Waals surface area contributed by atoms with Gasteiger partial charge in [-0.3, -0.25) is 53.0 Å². The van der Waals surface area contributed by atoms with Crippen molar-refractivity contribution in [2.75, 3.05) is 32.9 Å². The van der Waals surface area contributed by atoms with Crippen LogP contribution in [0, 0.1) is 0 Å². The average Bonchev–Trinajstić information content (AvgIpc) is 4.01. The number of nitrogens with one attached hydrogen (secondary N) is 6. The number of aromatic nitrogens is 1. The minimum Gasteiger partial charge on any atom is -0.458 e. The van der Waals surface area contributed by atoms with Gasteiger partial charge in [0.2, 0.25) is 35.4 Å². The molecule has 7 N–H and O–H groups in total. The molecule has 0 spiro atoms. The Balaban J connectivity index is 0.812. The van der Waals surface area contributed by atoms with E-state index in [0.29, 0.717) is 65.8 Å². The molecule has 0 saturated heterocycles. The molecule has 6 aliphatic rings. The summed E-state index contributed by atoms with van der Waals surface area (Å²) in [6.07, 6.45) is 3.76. The summed E-state index contributed by atoms with van der Waals surface area (Å²) in [5, 5.41) is 26.9. The molecular weight excluding hydrogens is 990 g/mol. The smallest absolute Gasteiger partial charge is 0.343 e. The van der Waals surface area contributed by atoms with Crippen LogP contribution < -0.4 is 37.5 Å². The third-order valence-electron chi connectivity index (χ3n) is 14.4. The van der Waals surface area contributed by atoms with E-state index < -0.39 is 103 Å². The number of imide groups is 1. The zero-order valence-corrected chi connectivity index (χ0v) is 42.3. The van der Waals surface area contributed by atoms with Crippen LogP contribution in [0.1, 0.15) is 94.5 Å². The first kappa shape index (κ1) is 54.3. The second kappa shape index (κ2) is 23.3. The molecule has 22 nitrogen and oxygen atoms in total. The molecular formula is C53H60FN9O13. The molecule has 0 radical (unpaired) electrons. The highest BCUT2D eigenvalue weighted by Gasteiger charge is 2.48. The summed E-state index contributed by atoms with van der Waals surface area (Å²) in [5.74, 6) is -5.59. The number of hydrogen-bond donors (Lipinski definition) is 7. The molecule has 0 bridgehead atoms. The van der Waals surface area contributed by atoms with Gasteiger partial charge in [0.15, 0.2) is 5.60 Å². The highest BCUT2D eigenvalue weighted by molar-refractivity contribution is 6.16. The number of dihydropyridines is 1. The number of halogens is 1. The van der Waals surface area contributed by atoms with Gasteiger partial charge in [0.1, 0.15) is 31.3 Å². The van der Waals surface area contributed by atoms with Crippen LogP contribution in [-0.4, -0.2) is 131 Å². The van der Waals surface area contributed by atoms with E-state index in [1.807, 2.05) is 0 Å². The third kappa shape index (κ3) is 11.6. The summed E-state index contributed by atoms with van der Waals surface area (Å²) in [4.78, 5) is 134. The predicted molar refractivity (Wildman–Crippen MR) is 268 cm³/mol. The van der Waals surface area contributed by atoms with E-state index >= 15 is 4.39 Å². The van der Waals surface area contributed by atoms with E-state index in [1.165, 1.54) is 23.6 Å². The maximum atomic E-state index is 15.5. The maximum absolute atomic E-state index is 15.5. The number of pyridine rings is 1. The minimum absolute atomic E-state index is 0.0299. The highest BCUT2D eigenvalue weighted by atomic mass is 19.1. The molecule has 2 aliphatic carbocycles. The molecule has 1 unspecified atom stereocenters. The summed E-state index contributed by atoms with van der Waals surface area (Å²) in [7, 11) is 0. The van der Waals surface area contributed by atoms with E-state index in [2.05, 4.69) is 31.9 Å². The van der Waals surface area contributed by atoms with Gasteiger partial charge in [-0.15, -0.1) is 0 Å². The predicted octanol–water partition coefficient (Wildman–Crippen LogP) is 0.247. The molecule has 402 valence electrons. The van der Waals surface area contributed by atoms with Gasteiger partial charge < -0.3 is 51.0 Å². The normalized spacial score (nSPS) is 20.9. The molecule has 8 rings (SSSR count). The highest BCUT2D eigenvalue weighted by Crippen LogP contribution is 2.48. The van der Waals surface area contributed by atoms with Gasteiger partial charge in [0, 0.05) is 49.1 Å². The van der Waals surface area contributed by atoms with Crippen molar-refractivity contribution in [3.8, 4) is 0 Å². The number of carbonyl (C=O) groups is 9. The Labute approximate surface area is 435 Å². The van der Waals surface area contributed by atoms with Crippen LogP contribution >= 0.6 is 0 Å². The van der Waals surface area contributed by atoms with Crippen molar-refractivity contribution in [2.24, 2.45) is 4.99 Å². The molecule has 5 atom stereocenters. The molecule has 1 aromatic heterocycles. The number of esters is 1. The van der Waals surface area contributed by atoms with Crippen molar-refractivity contribution < 1.29 is 62.1 Å². The van der Waals surface area contributed by atoms with E-state index in [0.717, 1.165) is 16.0 Å². The lowest BCUT2D eigenvalue weighted by molar-refractivity contribution is -0.172. The molecule has 4 aliphatic heterocycles. The van der Waals surface area contributed by atoms with Gasteiger partial charge in [-0.25, -0.2) is 9.18 Å². The molecule has 0 saturated carbocycles. The van der Waals surface area contributed by atoms with Crippen LogP contribution in [0.3, 0.4) is 0 Å². The molecule has 76 heavy (non-hydrogen) atoms. The van der Waals surface area contributed by atoms with E-state index in [4.69, 9.17) is 14.5 Å². The number of fused-ring (bicyclic) bond motifs is 4. The molecule has 1 aromatic carbocycles. The number of aliphatic imine (C=N–C) groups is 1. The zero-order valence-electron chi connectivity index (χ0n) is 42.3. The van der Waals surface area contributed by atoms with Gasteiger partial charge in [-0.05, 0) is 79.9 Å². The van der Waals surface area contributed by atoms with Crippen molar-refractivity contribution >= 4 is 58.9 Å². The number of amides is 8. The van der Waals surface area contributed by atoms with Crippen molar-refractivity contribution in [1.29, 1.82) is 0 Å². The Hall–Kier alpha value is -7.92. The number of nitrogens with zero attached hydrogens (tertiary/aromatic N) is 3. The molecule has 2 aromatic rings. The fraction of sp³-hybridized carbons (Fsp3) is 0.453.